The summed E-state index contributed by atoms with van der Waals surface area (Å²) in [5, 5.41) is 23.5. The van der Waals surface area contributed by atoms with E-state index in [4.69, 9.17) is 0 Å². The number of anilines is 2. The Morgan fingerprint density at radius 3 is 2.59 bits per heavy atom. The van der Waals surface area contributed by atoms with Crippen molar-refractivity contribution < 1.29 is 5.11 Å². The van der Waals surface area contributed by atoms with Gasteiger partial charge in [-0.15, -0.1) is 5.10 Å². The summed E-state index contributed by atoms with van der Waals surface area (Å²) < 4.78 is 1.10. The van der Waals surface area contributed by atoms with E-state index in [2.05, 4.69) is 53.4 Å². The summed E-state index contributed by atoms with van der Waals surface area (Å²) in [7, 11) is 0. The third-order valence-electron chi connectivity index (χ3n) is 3.06. The number of pyridine rings is 1. The summed E-state index contributed by atoms with van der Waals surface area (Å²) in [5.41, 5.74) is 0.781. The van der Waals surface area contributed by atoms with Gasteiger partial charge in [0.2, 0.25) is 5.95 Å². The van der Waals surface area contributed by atoms with E-state index in [-0.39, 0.29) is 12.5 Å². The molecular weight excluding hydrogens is 395 g/mol. The molecule has 118 valence electrons. The molecule has 1 atom stereocenters. The van der Waals surface area contributed by atoms with Crippen LogP contribution < -0.4 is 10.6 Å². The molecule has 1 unspecified atom stereocenters. The minimum absolute atomic E-state index is 0.140. The molecule has 0 saturated heterocycles. The van der Waals surface area contributed by atoms with Gasteiger partial charge in [-0.1, -0.05) is 0 Å². The van der Waals surface area contributed by atoms with E-state index >= 15 is 0 Å². The minimum atomic E-state index is 0.140. The lowest BCUT2D eigenvalue weighted by molar-refractivity contribution is 0.263. The van der Waals surface area contributed by atoms with Crippen LogP contribution in [0.3, 0.4) is 0 Å². The summed E-state index contributed by atoms with van der Waals surface area (Å²) in [6.45, 7) is 3.35. The van der Waals surface area contributed by atoms with Crippen LogP contribution in [-0.2, 0) is 0 Å². The fourth-order valence-electron chi connectivity index (χ4n) is 1.84. The maximum atomic E-state index is 9.19. The molecule has 0 fully saturated rings. The van der Waals surface area contributed by atoms with Crippen LogP contribution in [0.25, 0.3) is 0 Å². The number of nitrogens with zero attached hydrogens (tertiary/aromatic N) is 4. The molecule has 2 rings (SSSR count). The fraction of sp³-hybridized carbons (Fsp3) is 0.429. The summed E-state index contributed by atoms with van der Waals surface area (Å²) in [6.07, 6.45) is 4.17. The molecular formula is C14H19IN6O. The molecule has 2 heterocycles. The van der Waals surface area contributed by atoms with Crippen LogP contribution in [-0.4, -0.2) is 45.0 Å². The molecule has 0 bridgehead atoms. The van der Waals surface area contributed by atoms with Gasteiger partial charge in [0.1, 0.15) is 5.82 Å². The number of aromatic nitrogens is 4. The number of halogens is 1. The second-order valence-corrected chi connectivity index (χ2v) is 6.17. The first-order valence-electron chi connectivity index (χ1n) is 7.04. The number of hydrogen-bond acceptors (Lipinski definition) is 7. The highest BCUT2D eigenvalue weighted by Crippen LogP contribution is 2.10. The lowest BCUT2D eigenvalue weighted by atomic mass is 10.1. The lowest BCUT2D eigenvalue weighted by Gasteiger charge is -2.17. The van der Waals surface area contributed by atoms with E-state index < -0.39 is 0 Å². The Balaban J connectivity index is 1.83. The predicted molar refractivity (Wildman–Crippen MR) is 93.7 cm³/mol. The van der Waals surface area contributed by atoms with Gasteiger partial charge in [0.15, 0.2) is 0 Å². The Morgan fingerprint density at radius 1 is 1.14 bits per heavy atom. The maximum absolute atomic E-state index is 9.19. The number of nitrogens with one attached hydrogen (secondary N) is 2. The molecule has 0 saturated carbocycles. The van der Waals surface area contributed by atoms with Gasteiger partial charge in [-0.05, 0) is 54.0 Å². The Bertz CT molecular complexity index is 513. The van der Waals surface area contributed by atoms with Gasteiger partial charge in [0.05, 0.1) is 11.9 Å². The van der Waals surface area contributed by atoms with E-state index in [0.29, 0.717) is 25.5 Å². The van der Waals surface area contributed by atoms with Crippen molar-refractivity contribution in [3.05, 3.63) is 33.8 Å². The molecule has 0 aliphatic heterocycles. The molecule has 0 aliphatic rings. The highest BCUT2D eigenvalue weighted by molar-refractivity contribution is 14.1. The van der Waals surface area contributed by atoms with Crippen LogP contribution in [0.4, 0.5) is 11.8 Å². The van der Waals surface area contributed by atoms with E-state index in [1.54, 1.807) is 6.20 Å². The van der Waals surface area contributed by atoms with Crippen LogP contribution >= 0.6 is 22.6 Å². The maximum Gasteiger partial charge on any atom is 0.242 e. The van der Waals surface area contributed by atoms with Gasteiger partial charge in [-0.3, -0.25) is 0 Å². The molecule has 22 heavy (non-hydrogen) atoms. The van der Waals surface area contributed by atoms with Gasteiger partial charge in [-0.25, -0.2) is 9.97 Å². The molecule has 3 N–H and O–H groups in total. The zero-order chi connectivity index (χ0) is 15.8. The quantitative estimate of drug-likeness (QED) is 0.566. The second-order valence-electron chi connectivity index (χ2n) is 4.92. The largest absolute Gasteiger partial charge is 0.396 e. The van der Waals surface area contributed by atoms with E-state index in [1.165, 1.54) is 0 Å². The highest BCUT2D eigenvalue weighted by atomic mass is 127. The standard InChI is InChI=1S/C14H19IN6O/c1-10-6-18-14(21-20-10)19-8-11(4-5-22)7-16-13-3-2-12(15)9-17-13/h2-3,6,9,11,22H,4-5,7-8H2,1H3,(H,16,17)(H,18,19,21). The van der Waals surface area contributed by atoms with Gasteiger partial charge in [-0.2, -0.15) is 5.10 Å². The molecule has 0 amide bonds. The average Bonchev–Trinajstić information content (AvgIpc) is 2.53. The average molecular weight is 414 g/mol. The Labute approximate surface area is 143 Å². The summed E-state index contributed by atoms with van der Waals surface area (Å²) >= 11 is 2.22. The van der Waals surface area contributed by atoms with Crippen molar-refractivity contribution in [2.75, 3.05) is 30.3 Å². The molecule has 2 aromatic heterocycles. The third-order valence-corrected chi connectivity index (χ3v) is 3.70. The second kappa shape index (κ2) is 8.79. The van der Waals surface area contributed by atoms with Gasteiger partial charge >= 0.3 is 0 Å². The Morgan fingerprint density at radius 2 is 1.95 bits per heavy atom. The number of hydrogen-bond donors (Lipinski definition) is 3. The molecule has 8 heteroatoms. The van der Waals surface area contributed by atoms with Crippen molar-refractivity contribution in [3.63, 3.8) is 0 Å². The molecule has 0 aromatic carbocycles. The minimum Gasteiger partial charge on any atom is -0.396 e. The third kappa shape index (κ3) is 5.68. The zero-order valence-corrected chi connectivity index (χ0v) is 14.5. The predicted octanol–water partition coefficient (Wildman–Crippen LogP) is 1.70. The number of aliphatic hydroxyl groups excluding tert-OH is 1. The highest BCUT2D eigenvalue weighted by Gasteiger charge is 2.09. The van der Waals surface area contributed by atoms with Gasteiger partial charge < -0.3 is 15.7 Å². The first-order valence-corrected chi connectivity index (χ1v) is 8.11. The summed E-state index contributed by atoms with van der Waals surface area (Å²) in [4.78, 5) is 8.46. The SMILES string of the molecule is Cc1cnc(NCC(CCO)CNc2ccc(I)cn2)nn1. The molecule has 0 aliphatic carbocycles. The van der Waals surface area contributed by atoms with Crippen LogP contribution in [0.1, 0.15) is 12.1 Å². The van der Waals surface area contributed by atoms with Crippen molar-refractivity contribution in [2.45, 2.75) is 13.3 Å². The van der Waals surface area contributed by atoms with E-state index in [1.807, 2.05) is 25.3 Å². The molecule has 2 aromatic rings. The molecule has 0 radical (unpaired) electrons. The van der Waals surface area contributed by atoms with Crippen LogP contribution in [0.2, 0.25) is 0 Å². The molecule has 0 spiro atoms. The number of aryl methyl sites for hydroxylation is 1. The van der Waals surface area contributed by atoms with Crippen molar-refractivity contribution in [1.82, 2.24) is 20.2 Å². The first kappa shape index (κ1) is 16.8. The smallest absolute Gasteiger partial charge is 0.242 e. The van der Waals surface area contributed by atoms with Gasteiger partial charge in [0.25, 0.3) is 0 Å². The first-order chi connectivity index (χ1) is 10.7. The van der Waals surface area contributed by atoms with Crippen LogP contribution in [0.5, 0.6) is 0 Å². The van der Waals surface area contributed by atoms with Crippen molar-refractivity contribution >= 4 is 34.4 Å². The zero-order valence-electron chi connectivity index (χ0n) is 12.3. The summed E-state index contributed by atoms with van der Waals surface area (Å²) in [6, 6.07) is 3.94. The van der Waals surface area contributed by atoms with E-state index in [0.717, 1.165) is 15.1 Å². The summed E-state index contributed by atoms with van der Waals surface area (Å²) in [5.74, 6) is 1.56. The van der Waals surface area contributed by atoms with Crippen LogP contribution in [0.15, 0.2) is 24.5 Å². The van der Waals surface area contributed by atoms with Crippen molar-refractivity contribution in [3.8, 4) is 0 Å². The van der Waals surface area contributed by atoms with Crippen molar-refractivity contribution in [2.24, 2.45) is 5.92 Å². The Hall–Kier alpha value is -1.55. The monoisotopic (exact) mass is 414 g/mol. The van der Waals surface area contributed by atoms with Crippen LogP contribution in [0, 0.1) is 16.4 Å². The molecule has 7 nitrogen and oxygen atoms in total. The number of aliphatic hydroxyl groups is 1. The number of rotatable bonds is 8. The lowest BCUT2D eigenvalue weighted by Crippen LogP contribution is -2.24. The fourth-order valence-corrected chi connectivity index (χ4v) is 2.16. The normalized spacial score (nSPS) is 12.0. The van der Waals surface area contributed by atoms with Crippen molar-refractivity contribution in [1.29, 1.82) is 0 Å². The van der Waals surface area contributed by atoms with Gasteiger partial charge in [0, 0.05) is 29.5 Å². The Kier molecular flexibility index (Phi) is 6.72. The topological polar surface area (TPSA) is 95.9 Å². The van der Waals surface area contributed by atoms with E-state index in [9.17, 15) is 5.11 Å².